The van der Waals surface area contributed by atoms with Crippen LogP contribution in [0.3, 0.4) is 0 Å². The molecule has 0 aliphatic heterocycles. The second-order valence-electron chi connectivity index (χ2n) is 7.03. The first-order valence-electron chi connectivity index (χ1n) is 10.5. The average molecular weight is 474 g/mol. The fourth-order valence-electron chi connectivity index (χ4n) is 3.02. The third-order valence-electron chi connectivity index (χ3n) is 4.68. The third kappa shape index (κ3) is 6.23. The Hall–Kier alpha value is -4.11. The van der Waals surface area contributed by atoms with E-state index in [1.807, 2.05) is 89.5 Å². The Morgan fingerprint density at radius 1 is 0.971 bits per heavy atom. The summed E-state index contributed by atoms with van der Waals surface area (Å²) >= 11 is 1.28. The molecule has 3 aromatic carbocycles. The molecule has 0 fully saturated rings. The van der Waals surface area contributed by atoms with Gasteiger partial charge in [-0.3, -0.25) is 9.36 Å². The van der Waals surface area contributed by atoms with E-state index in [9.17, 15) is 4.79 Å². The minimum atomic E-state index is -0.251. The van der Waals surface area contributed by atoms with Gasteiger partial charge in [0.1, 0.15) is 18.1 Å². The van der Waals surface area contributed by atoms with E-state index in [1.165, 1.54) is 11.8 Å². The van der Waals surface area contributed by atoms with Crippen LogP contribution in [0.2, 0.25) is 0 Å². The lowest BCUT2D eigenvalue weighted by atomic mass is 10.2. The summed E-state index contributed by atoms with van der Waals surface area (Å²) in [6.45, 7) is 0.241. The minimum Gasteiger partial charge on any atom is -0.497 e. The number of carbonyl (C=O) groups is 1. The van der Waals surface area contributed by atoms with Crippen LogP contribution >= 0.6 is 11.8 Å². The Balaban J connectivity index is 1.40. The van der Waals surface area contributed by atoms with Crippen molar-refractivity contribution in [2.24, 2.45) is 5.10 Å². The summed E-state index contributed by atoms with van der Waals surface area (Å²) < 4.78 is 12.9. The van der Waals surface area contributed by atoms with Crippen LogP contribution in [0.4, 0.5) is 0 Å². The zero-order chi connectivity index (χ0) is 23.6. The van der Waals surface area contributed by atoms with Gasteiger partial charge in [-0.2, -0.15) is 5.10 Å². The number of amides is 1. The zero-order valence-electron chi connectivity index (χ0n) is 18.5. The predicted octanol–water partition coefficient (Wildman–Crippen LogP) is 4.10. The third-order valence-corrected chi connectivity index (χ3v) is 5.61. The van der Waals surface area contributed by atoms with Crippen molar-refractivity contribution < 1.29 is 14.3 Å². The lowest BCUT2D eigenvalue weighted by Crippen LogP contribution is -2.20. The van der Waals surface area contributed by atoms with Crippen LogP contribution in [0.5, 0.6) is 11.5 Å². The molecule has 9 heteroatoms. The first kappa shape index (κ1) is 23.1. The maximum absolute atomic E-state index is 12.3. The second-order valence-corrected chi connectivity index (χ2v) is 7.97. The number of carbonyl (C=O) groups excluding carboxylic acids is 1. The first-order chi connectivity index (χ1) is 16.7. The van der Waals surface area contributed by atoms with Crippen molar-refractivity contribution in [3.05, 3.63) is 96.3 Å². The van der Waals surface area contributed by atoms with Gasteiger partial charge in [0.2, 0.25) is 0 Å². The van der Waals surface area contributed by atoms with Crippen LogP contribution in [-0.4, -0.2) is 39.7 Å². The van der Waals surface area contributed by atoms with Crippen molar-refractivity contribution in [2.45, 2.75) is 11.8 Å². The van der Waals surface area contributed by atoms with E-state index in [-0.39, 0.29) is 18.3 Å². The SMILES string of the molecule is COc1ccc(/C=N/NC(=O)CSc2nnc(COc3ccccc3)n2-c2ccccc2)cc1. The highest BCUT2D eigenvalue weighted by Gasteiger charge is 2.16. The van der Waals surface area contributed by atoms with E-state index in [0.717, 1.165) is 22.7 Å². The molecule has 172 valence electrons. The molecule has 0 aliphatic carbocycles. The van der Waals surface area contributed by atoms with E-state index in [4.69, 9.17) is 9.47 Å². The summed E-state index contributed by atoms with van der Waals surface area (Å²) in [5.41, 5.74) is 4.28. The topological polar surface area (TPSA) is 90.6 Å². The number of para-hydroxylation sites is 2. The van der Waals surface area contributed by atoms with Gasteiger partial charge in [-0.05, 0) is 54.1 Å². The van der Waals surface area contributed by atoms with Crippen molar-refractivity contribution in [1.29, 1.82) is 0 Å². The number of benzene rings is 3. The number of aromatic nitrogens is 3. The standard InChI is InChI=1S/C25H23N5O3S/c1-32-21-14-12-19(13-15-21)16-26-28-24(31)18-34-25-29-27-23(17-33-22-10-6-3-7-11-22)30(25)20-8-4-2-5-9-20/h2-16H,17-18H2,1H3,(H,28,31)/b26-16+. The molecule has 4 rings (SSSR count). The fraction of sp³-hybridized carbons (Fsp3) is 0.120. The number of nitrogens with one attached hydrogen (secondary N) is 1. The molecule has 1 amide bonds. The molecule has 1 aromatic heterocycles. The summed E-state index contributed by atoms with van der Waals surface area (Å²) in [5.74, 6) is 2.02. The molecule has 1 N–H and O–H groups in total. The molecular formula is C25H23N5O3S. The molecule has 0 spiro atoms. The van der Waals surface area contributed by atoms with Crippen LogP contribution in [0.15, 0.2) is 95.2 Å². The van der Waals surface area contributed by atoms with Crippen LogP contribution in [0.25, 0.3) is 5.69 Å². The maximum Gasteiger partial charge on any atom is 0.250 e. The monoisotopic (exact) mass is 473 g/mol. The van der Waals surface area contributed by atoms with Gasteiger partial charge in [0, 0.05) is 5.69 Å². The number of hydrogen-bond acceptors (Lipinski definition) is 7. The Kier molecular flexibility index (Phi) is 7.91. The number of methoxy groups -OCH3 is 1. The Labute approximate surface area is 201 Å². The number of thioether (sulfide) groups is 1. The van der Waals surface area contributed by atoms with Gasteiger partial charge < -0.3 is 9.47 Å². The zero-order valence-corrected chi connectivity index (χ0v) is 19.3. The van der Waals surface area contributed by atoms with Gasteiger partial charge in [0.25, 0.3) is 5.91 Å². The van der Waals surface area contributed by atoms with Crippen molar-refractivity contribution in [3.63, 3.8) is 0 Å². The van der Waals surface area contributed by atoms with E-state index < -0.39 is 0 Å². The molecule has 0 radical (unpaired) electrons. The van der Waals surface area contributed by atoms with E-state index in [0.29, 0.717) is 11.0 Å². The van der Waals surface area contributed by atoms with Crippen LogP contribution in [0, 0.1) is 0 Å². The predicted molar refractivity (Wildman–Crippen MR) is 132 cm³/mol. The number of hydrazone groups is 1. The molecule has 34 heavy (non-hydrogen) atoms. The summed E-state index contributed by atoms with van der Waals surface area (Å²) in [6, 6.07) is 26.6. The molecular weight excluding hydrogens is 450 g/mol. The van der Waals surface area contributed by atoms with Crippen molar-refractivity contribution >= 4 is 23.9 Å². The van der Waals surface area contributed by atoms with E-state index in [1.54, 1.807) is 13.3 Å². The highest BCUT2D eigenvalue weighted by atomic mass is 32.2. The largest absolute Gasteiger partial charge is 0.497 e. The van der Waals surface area contributed by atoms with Crippen molar-refractivity contribution in [1.82, 2.24) is 20.2 Å². The Morgan fingerprint density at radius 2 is 1.68 bits per heavy atom. The van der Waals surface area contributed by atoms with E-state index in [2.05, 4.69) is 20.7 Å². The lowest BCUT2D eigenvalue weighted by Gasteiger charge is -2.11. The van der Waals surface area contributed by atoms with Gasteiger partial charge in [-0.25, -0.2) is 5.43 Å². The van der Waals surface area contributed by atoms with Gasteiger partial charge >= 0.3 is 0 Å². The molecule has 8 nitrogen and oxygen atoms in total. The van der Waals surface area contributed by atoms with Gasteiger partial charge in [-0.1, -0.05) is 48.2 Å². The molecule has 0 unspecified atom stereocenters. The highest BCUT2D eigenvalue weighted by molar-refractivity contribution is 7.99. The molecule has 0 bridgehead atoms. The number of nitrogens with zero attached hydrogens (tertiary/aromatic N) is 4. The van der Waals surface area contributed by atoms with Crippen molar-refractivity contribution in [3.8, 4) is 17.2 Å². The van der Waals surface area contributed by atoms with Gasteiger partial charge in [-0.15, -0.1) is 10.2 Å². The van der Waals surface area contributed by atoms with E-state index >= 15 is 0 Å². The molecule has 4 aromatic rings. The molecule has 0 atom stereocenters. The number of ether oxygens (including phenoxy) is 2. The van der Waals surface area contributed by atoms with Crippen LogP contribution < -0.4 is 14.9 Å². The van der Waals surface area contributed by atoms with Crippen molar-refractivity contribution in [2.75, 3.05) is 12.9 Å². The Bertz CT molecular complexity index is 1230. The highest BCUT2D eigenvalue weighted by Crippen LogP contribution is 2.23. The van der Waals surface area contributed by atoms with Gasteiger partial charge in [0.15, 0.2) is 11.0 Å². The molecule has 0 aliphatic rings. The molecule has 1 heterocycles. The lowest BCUT2D eigenvalue weighted by molar-refractivity contribution is -0.118. The average Bonchev–Trinajstić information content (AvgIpc) is 3.30. The minimum absolute atomic E-state index is 0.129. The molecule has 0 saturated carbocycles. The van der Waals surface area contributed by atoms with Gasteiger partial charge in [0.05, 0.1) is 19.1 Å². The number of rotatable bonds is 10. The summed E-state index contributed by atoms with van der Waals surface area (Å²) in [6.07, 6.45) is 1.58. The van der Waals surface area contributed by atoms with Crippen LogP contribution in [-0.2, 0) is 11.4 Å². The second kappa shape index (κ2) is 11.7. The summed E-state index contributed by atoms with van der Waals surface area (Å²) in [7, 11) is 1.61. The summed E-state index contributed by atoms with van der Waals surface area (Å²) in [5, 5.41) is 13.2. The summed E-state index contributed by atoms with van der Waals surface area (Å²) in [4.78, 5) is 12.3. The normalized spacial score (nSPS) is 10.9. The number of hydrogen-bond donors (Lipinski definition) is 1. The van der Waals surface area contributed by atoms with Crippen LogP contribution in [0.1, 0.15) is 11.4 Å². The maximum atomic E-state index is 12.3. The fourth-order valence-corrected chi connectivity index (χ4v) is 3.78. The quantitative estimate of drug-likeness (QED) is 0.212. The first-order valence-corrected chi connectivity index (χ1v) is 11.5. The smallest absolute Gasteiger partial charge is 0.250 e. The molecule has 0 saturated heterocycles. The Morgan fingerprint density at radius 3 is 2.38 bits per heavy atom.